The largest absolute Gasteiger partial charge is 0.339 e. The van der Waals surface area contributed by atoms with Crippen LogP contribution in [0.1, 0.15) is 97.8 Å². The van der Waals surface area contributed by atoms with Crippen molar-refractivity contribution in [3.63, 3.8) is 0 Å². The highest BCUT2D eigenvalue weighted by atomic mass is 19.1. The van der Waals surface area contributed by atoms with Crippen LogP contribution in [0.2, 0.25) is 0 Å². The number of amides is 3. The number of nitrogens with one attached hydrogen (secondary N) is 3. The van der Waals surface area contributed by atoms with Crippen LogP contribution >= 0.6 is 0 Å². The third-order valence-electron chi connectivity index (χ3n) is 12.4. The van der Waals surface area contributed by atoms with Gasteiger partial charge >= 0.3 is 0 Å². The van der Waals surface area contributed by atoms with Gasteiger partial charge in [0.2, 0.25) is 5.91 Å². The number of carbonyl (C=O) groups is 4. The van der Waals surface area contributed by atoms with Gasteiger partial charge in [-0.05, 0) is 101 Å². The summed E-state index contributed by atoms with van der Waals surface area (Å²) in [4.78, 5) is 61.5. The molecule has 1 saturated carbocycles. The van der Waals surface area contributed by atoms with E-state index in [1.807, 2.05) is 13.8 Å². The van der Waals surface area contributed by atoms with Gasteiger partial charge in [0.25, 0.3) is 11.8 Å². The van der Waals surface area contributed by atoms with Gasteiger partial charge in [-0.25, -0.2) is 4.39 Å². The predicted octanol–water partition coefficient (Wildman–Crippen LogP) is 3.79. The van der Waals surface area contributed by atoms with Crippen LogP contribution in [0.15, 0.2) is 42.7 Å². The van der Waals surface area contributed by atoms with Gasteiger partial charge in [-0.2, -0.15) is 10.2 Å². The first-order chi connectivity index (χ1) is 26.9. The molecular weight excluding hydrogens is 716 g/mol. The van der Waals surface area contributed by atoms with Crippen LogP contribution in [-0.4, -0.2) is 130 Å². The van der Waals surface area contributed by atoms with E-state index in [2.05, 4.69) is 61.9 Å². The minimum absolute atomic E-state index is 0.0326. The number of aromatic nitrogens is 4. The highest BCUT2D eigenvalue weighted by Gasteiger charge is 2.42. The molecule has 15 heteroatoms. The lowest BCUT2D eigenvalue weighted by Crippen LogP contribution is -2.62. The molecule has 14 nitrogen and oxygen atoms in total. The first-order valence-corrected chi connectivity index (χ1v) is 20.3. The van der Waals surface area contributed by atoms with Gasteiger partial charge < -0.3 is 30.5 Å². The lowest BCUT2D eigenvalue weighted by Gasteiger charge is -2.42. The van der Waals surface area contributed by atoms with Crippen molar-refractivity contribution >= 4 is 29.7 Å². The zero-order chi connectivity index (χ0) is 40.0. The van der Waals surface area contributed by atoms with E-state index >= 15 is 4.39 Å². The van der Waals surface area contributed by atoms with Crippen molar-refractivity contribution in [2.24, 2.45) is 11.8 Å². The molecule has 3 fully saturated rings. The molecule has 6 rings (SSSR count). The fourth-order valence-corrected chi connectivity index (χ4v) is 8.55. The van der Waals surface area contributed by atoms with Crippen LogP contribution in [0, 0.1) is 17.7 Å². The third-order valence-corrected chi connectivity index (χ3v) is 12.4. The Morgan fingerprint density at radius 2 is 1.55 bits per heavy atom. The van der Waals surface area contributed by atoms with E-state index in [-0.39, 0.29) is 24.2 Å². The summed E-state index contributed by atoms with van der Waals surface area (Å²) in [6, 6.07) is 7.00. The first-order valence-electron chi connectivity index (χ1n) is 20.3. The Hall–Kier alpha value is -4.47. The summed E-state index contributed by atoms with van der Waals surface area (Å²) >= 11 is 0. The average molecular weight is 775 g/mol. The Bertz CT molecular complexity index is 1820. The minimum Gasteiger partial charge on any atom is -0.339 e. The van der Waals surface area contributed by atoms with Crippen LogP contribution in [0.3, 0.4) is 0 Å². The lowest BCUT2D eigenvalue weighted by atomic mass is 9.79. The molecule has 1 aromatic carbocycles. The van der Waals surface area contributed by atoms with E-state index < -0.39 is 41.0 Å². The predicted molar refractivity (Wildman–Crippen MR) is 212 cm³/mol. The highest BCUT2D eigenvalue weighted by Crippen LogP contribution is 2.34. The van der Waals surface area contributed by atoms with Crippen LogP contribution in [0.25, 0.3) is 0 Å². The van der Waals surface area contributed by atoms with Gasteiger partial charge in [0.1, 0.15) is 35.1 Å². The quantitative estimate of drug-likeness (QED) is 0.208. The molecular formula is C41H59FN10O4. The molecule has 3 aliphatic rings. The van der Waals surface area contributed by atoms with Gasteiger partial charge in [-0.3, -0.25) is 28.6 Å². The molecule has 0 radical (unpaired) electrons. The van der Waals surface area contributed by atoms with E-state index in [1.54, 1.807) is 40.0 Å². The van der Waals surface area contributed by atoms with E-state index in [9.17, 15) is 19.2 Å². The number of likely N-dealkylation sites (tertiary alicyclic amines) is 1. The lowest BCUT2D eigenvalue weighted by molar-refractivity contribution is -0.119. The number of piperazine rings is 1. The Labute approximate surface area is 329 Å². The van der Waals surface area contributed by atoms with E-state index in [0.29, 0.717) is 42.5 Å². The summed E-state index contributed by atoms with van der Waals surface area (Å²) < 4.78 is 19.5. The van der Waals surface area contributed by atoms with Gasteiger partial charge in [-0.15, -0.1) is 0 Å². The molecule has 3 atom stereocenters. The maximum absolute atomic E-state index is 16.2. The molecule has 1 aliphatic carbocycles. The van der Waals surface area contributed by atoms with Crippen LogP contribution < -0.4 is 16.0 Å². The number of benzene rings is 1. The molecule has 3 amide bonds. The van der Waals surface area contributed by atoms with Crippen molar-refractivity contribution in [3.8, 4) is 0 Å². The maximum atomic E-state index is 16.2. The Balaban J connectivity index is 1.23. The van der Waals surface area contributed by atoms with E-state index in [4.69, 9.17) is 0 Å². The number of anilines is 1. The fraction of sp³-hybridized carbons (Fsp3) is 0.610. The maximum Gasteiger partial charge on any atom is 0.270 e. The zero-order valence-corrected chi connectivity index (χ0v) is 33.5. The molecule has 2 saturated heterocycles. The van der Waals surface area contributed by atoms with Crippen LogP contribution in [0.5, 0.6) is 0 Å². The number of aldehydes is 1. The zero-order valence-electron chi connectivity index (χ0n) is 33.5. The first kappa shape index (κ1) is 41.2. The summed E-state index contributed by atoms with van der Waals surface area (Å²) in [6.07, 6.45) is 9.06. The van der Waals surface area contributed by atoms with Gasteiger partial charge in [0, 0.05) is 57.6 Å². The van der Waals surface area contributed by atoms with Crippen molar-refractivity contribution in [2.75, 3.05) is 65.2 Å². The Kier molecular flexibility index (Phi) is 13.4. The molecule has 0 unspecified atom stereocenters. The minimum atomic E-state index is -1.41. The van der Waals surface area contributed by atoms with Crippen molar-refractivity contribution in [1.82, 2.24) is 44.9 Å². The molecule has 3 N–H and O–H groups in total. The Morgan fingerprint density at radius 3 is 2.21 bits per heavy atom. The summed E-state index contributed by atoms with van der Waals surface area (Å²) in [6.45, 7) is 11.5. The van der Waals surface area contributed by atoms with Crippen LogP contribution in [-0.2, 0) is 16.1 Å². The second kappa shape index (κ2) is 18.2. The number of piperidine rings is 1. The normalized spacial score (nSPS) is 22.5. The number of carbonyl (C=O) groups excluding carboxylic acids is 4. The molecule has 304 valence electrons. The smallest absolute Gasteiger partial charge is 0.270 e. The highest BCUT2D eigenvalue weighted by molar-refractivity contribution is 6.01. The third kappa shape index (κ3) is 9.38. The molecule has 0 spiro atoms. The number of aryl methyl sites for hydroxylation is 1. The number of hydrogen-bond donors (Lipinski definition) is 3. The number of hydrogen-bond acceptors (Lipinski definition) is 9. The fourth-order valence-electron chi connectivity index (χ4n) is 8.55. The second-order valence-electron chi connectivity index (χ2n) is 16.3. The molecule has 4 heterocycles. The van der Waals surface area contributed by atoms with Gasteiger partial charge in [0.15, 0.2) is 0 Å². The van der Waals surface area contributed by atoms with E-state index in [1.165, 1.54) is 12.1 Å². The van der Waals surface area contributed by atoms with Gasteiger partial charge in [-0.1, -0.05) is 32.8 Å². The Morgan fingerprint density at radius 1 is 0.893 bits per heavy atom. The molecule has 0 bridgehead atoms. The topological polar surface area (TPSA) is 150 Å². The van der Waals surface area contributed by atoms with Crippen LogP contribution in [0.4, 0.5) is 10.1 Å². The number of rotatable bonds is 14. The van der Waals surface area contributed by atoms with Crippen molar-refractivity contribution in [1.29, 1.82) is 0 Å². The number of nitrogens with zero attached hydrogens (tertiary/aromatic N) is 7. The molecule has 3 aromatic rings. The van der Waals surface area contributed by atoms with E-state index in [0.717, 1.165) is 71.0 Å². The second-order valence-corrected chi connectivity index (χ2v) is 16.3. The molecule has 2 aliphatic heterocycles. The van der Waals surface area contributed by atoms with Gasteiger partial charge in [0.05, 0.1) is 11.7 Å². The summed E-state index contributed by atoms with van der Waals surface area (Å²) in [7, 11) is 4.13. The summed E-state index contributed by atoms with van der Waals surface area (Å²) in [5.41, 5.74) is -0.217. The number of likely N-dealkylation sites (N-methyl/N-ethyl adjacent to an activating group) is 1. The average Bonchev–Trinajstić information content (AvgIpc) is 3.90. The monoisotopic (exact) mass is 774 g/mol. The van der Waals surface area contributed by atoms with Crippen molar-refractivity contribution in [3.05, 3.63) is 65.5 Å². The summed E-state index contributed by atoms with van der Waals surface area (Å²) in [5.74, 6) is -2.23. The van der Waals surface area contributed by atoms with Crippen molar-refractivity contribution < 1.29 is 23.6 Å². The summed E-state index contributed by atoms with van der Waals surface area (Å²) in [5, 5.41) is 17.5. The molecule has 2 aromatic heterocycles. The molecule has 56 heavy (non-hydrogen) atoms. The number of halogens is 1. The SMILES string of the molecule is CCn1nccc1C(=O)N[C@H](C(=O)Nc1ccc([C@H](C)[C@@](C=O)(CN2CCN(C)CC2)NC(=O)c2ccnn2C2CCN(C)CC2)cc1F)C1CCC(C)CC1. The standard InChI is InChI=1S/C41H59FN10O4/c1-6-51-35(13-17-43-51)38(54)46-37(30-9-7-28(2)8-10-30)40(56)45-34-12-11-31(25-33(34)42)29(3)41(27-53,26-50-23-21-49(5)22-24-50)47-39(55)36-14-18-44-52(36)32-15-19-48(4)20-16-32/h11-14,17-18,25,27-30,32,37H,6-10,15-16,19-24,26H2,1-5H3,(H,45,56)(H,46,54)(H,47,55)/t28?,29-,30?,37-,41-/m0/s1. The van der Waals surface area contributed by atoms with Crippen molar-refractivity contribution in [2.45, 2.75) is 89.4 Å².